The van der Waals surface area contributed by atoms with Crippen LogP contribution in [0.3, 0.4) is 0 Å². The van der Waals surface area contributed by atoms with Crippen molar-refractivity contribution in [2.75, 3.05) is 4.90 Å². The topological polar surface area (TPSA) is 3.24 Å². The molecule has 0 aliphatic rings. The minimum Gasteiger partial charge on any atom is -0.310 e. The fourth-order valence-electron chi connectivity index (χ4n) is 8.20. The first-order valence-corrected chi connectivity index (χ1v) is 19.6. The summed E-state index contributed by atoms with van der Waals surface area (Å²) in [6.45, 7) is 0. The number of benzene rings is 9. The van der Waals surface area contributed by atoms with Crippen molar-refractivity contribution in [2.24, 2.45) is 0 Å². The maximum Gasteiger partial charge on any atom is 0.0546 e. The standard InChI is InChI=1S/C50H31NS2/c1-2-15-37-34(12-1)31-46(41-17-4-3-16-40(37)41)51(35-28-26-32(27-29-35)38-20-10-22-44-42-18-5-7-24-47(42)52-49(38)44)36-14-9-13-33(30-36)39-21-11-23-45-43-19-6-8-25-48(43)53-50(39)45/h1-31H. The molecule has 0 amide bonds. The molecule has 2 aromatic heterocycles. The molecule has 53 heavy (non-hydrogen) atoms. The van der Waals surface area contributed by atoms with E-state index in [1.807, 2.05) is 22.7 Å². The molecule has 11 aromatic rings. The Morgan fingerprint density at radius 2 is 0.849 bits per heavy atom. The van der Waals surface area contributed by atoms with Crippen molar-refractivity contribution in [3.8, 4) is 22.3 Å². The molecule has 11 rings (SSSR count). The maximum atomic E-state index is 2.45. The largest absolute Gasteiger partial charge is 0.310 e. The summed E-state index contributed by atoms with van der Waals surface area (Å²) in [7, 11) is 0. The van der Waals surface area contributed by atoms with Gasteiger partial charge in [0.1, 0.15) is 0 Å². The van der Waals surface area contributed by atoms with Crippen LogP contribution in [0.25, 0.3) is 84.1 Å². The van der Waals surface area contributed by atoms with Crippen LogP contribution in [0, 0.1) is 0 Å². The normalized spacial score (nSPS) is 11.8. The van der Waals surface area contributed by atoms with Gasteiger partial charge >= 0.3 is 0 Å². The summed E-state index contributed by atoms with van der Waals surface area (Å²) >= 11 is 3.76. The third kappa shape index (κ3) is 4.89. The smallest absolute Gasteiger partial charge is 0.0546 e. The van der Waals surface area contributed by atoms with Crippen molar-refractivity contribution in [3.05, 3.63) is 188 Å². The number of nitrogens with zero attached hydrogens (tertiary/aromatic N) is 1. The third-order valence-electron chi connectivity index (χ3n) is 10.6. The van der Waals surface area contributed by atoms with E-state index in [2.05, 4.69) is 193 Å². The molecule has 0 spiro atoms. The van der Waals surface area contributed by atoms with Crippen LogP contribution in [-0.2, 0) is 0 Å². The number of anilines is 3. The van der Waals surface area contributed by atoms with Gasteiger partial charge in [-0.3, -0.25) is 0 Å². The Kier molecular flexibility index (Phi) is 6.97. The molecular formula is C50H31NS2. The van der Waals surface area contributed by atoms with E-state index in [1.165, 1.54) is 84.1 Å². The zero-order valence-electron chi connectivity index (χ0n) is 28.7. The summed E-state index contributed by atoms with van der Waals surface area (Å²) in [5.41, 5.74) is 8.38. The van der Waals surface area contributed by atoms with Crippen LogP contribution >= 0.6 is 22.7 Å². The van der Waals surface area contributed by atoms with E-state index in [4.69, 9.17) is 0 Å². The van der Waals surface area contributed by atoms with Crippen molar-refractivity contribution >= 4 is 102 Å². The van der Waals surface area contributed by atoms with Crippen LogP contribution in [0.15, 0.2) is 188 Å². The molecule has 0 bridgehead atoms. The zero-order valence-corrected chi connectivity index (χ0v) is 30.3. The summed E-state index contributed by atoms with van der Waals surface area (Å²) in [4.78, 5) is 2.45. The second-order valence-electron chi connectivity index (χ2n) is 13.7. The first-order chi connectivity index (χ1) is 26.3. The average molecular weight is 710 g/mol. The van der Waals surface area contributed by atoms with E-state index in [9.17, 15) is 0 Å². The second kappa shape index (κ2) is 12.2. The minimum absolute atomic E-state index is 1.12. The van der Waals surface area contributed by atoms with Gasteiger partial charge in [0, 0.05) is 57.1 Å². The van der Waals surface area contributed by atoms with E-state index >= 15 is 0 Å². The molecule has 0 unspecified atom stereocenters. The van der Waals surface area contributed by atoms with Gasteiger partial charge in [-0.25, -0.2) is 0 Å². The van der Waals surface area contributed by atoms with Gasteiger partial charge in [-0.05, 0) is 80.9 Å². The lowest BCUT2D eigenvalue weighted by Crippen LogP contribution is -2.10. The summed E-state index contributed by atoms with van der Waals surface area (Å²) < 4.78 is 5.31. The predicted octanol–water partition coefficient (Wildman–Crippen LogP) is 15.5. The van der Waals surface area contributed by atoms with Gasteiger partial charge in [0.2, 0.25) is 0 Å². The van der Waals surface area contributed by atoms with Crippen molar-refractivity contribution in [1.29, 1.82) is 0 Å². The minimum atomic E-state index is 1.12. The highest BCUT2D eigenvalue weighted by Crippen LogP contribution is 2.46. The number of hydrogen-bond donors (Lipinski definition) is 0. The number of hydrogen-bond acceptors (Lipinski definition) is 3. The predicted molar refractivity (Wildman–Crippen MR) is 233 cm³/mol. The first-order valence-electron chi connectivity index (χ1n) is 18.0. The van der Waals surface area contributed by atoms with Crippen molar-refractivity contribution in [2.45, 2.75) is 0 Å². The Hall–Kier alpha value is -6.26. The number of thiophene rings is 2. The van der Waals surface area contributed by atoms with E-state index in [0.717, 1.165) is 17.1 Å². The lowest BCUT2D eigenvalue weighted by molar-refractivity contribution is 1.30. The van der Waals surface area contributed by atoms with Gasteiger partial charge in [0.15, 0.2) is 0 Å². The fourth-order valence-corrected chi connectivity index (χ4v) is 10.7. The lowest BCUT2D eigenvalue weighted by atomic mass is 9.98. The van der Waals surface area contributed by atoms with Crippen molar-refractivity contribution in [1.82, 2.24) is 0 Å². The lowest BCUT2D eigenvalue weighted by Gasteiger charge is -2.28. The molecule has 0 aliphatic carbocycles. The summed E-state index contributed by atoms with van der Waals surface area (Å²) in [5, 5.41) is 10.3. The van der Waals surface area contributed by atoms with Crippen LogP contribution < -0.4 is 4.90 Å². The molecule has 248 valence electrons. The molecule has 9 aromatic carbocycles. The Bertz CT molecular complexity index is 3180. The van der Waals surface area contributed by atoms with E-state index in [-0.39, 0.29) is 0 Å². The monoisotopic (exact) mass is 709 g/mol. The highest BCUT2D eigenvalue weighted by Gasteiger charge is 2.19. The molecule has 3 heteroatoms. The summed E-state index contributed by atoms with van der Waals surface area (Å²) in [6.07, 6.45) is 0. The van der Waals surface area contributed by atoms with Crippen molar-refractivity contribution in [3.63, 3.8) is 0 Å². The number of fused-ring (bicyclic) bond motifs is 9. The molecule has 0 radical (unpaired) electrons. The number of rotatable bonds is 5. The van der Waals surface area contributed by atoms with E-state index in [0.29, 0.717) is 0 Å². The van der Waals surface area contributed by atoms with E-state index < -0.39 is 0 Å². The van der Waals surface area contributed by atoms with E-state index in [1.54, 1.807) is 0 Å². The molecule has 0 N–H and O–H groups in total. The molecule has 0 atom stereocenters. The van der Waals surface area contributed by atoms with Gasteiger partial charge in [-0.2, -0.15) is 0 Å². The van der Waals surface area contributed by atoms with Gasteiger partial charge in [-0.1, -0.05) is 146 Å². The van der Waals surface area contributed by atoms with Crippen LogP contribution in [0.1, 0.15) is 0 Å². The average Bonchev–Trinajstić information content (AvgIpc) is 3.80. The Morgan fingerprint density at radius 3 is 1.53 bits per heavy atom. The van der Waals surface area contributed by atoms with Crippen LogP contribution in [0.2, 0.25) is 0 Å². The first kappa shape index (κ1) is 30.4. The Labute approximate surface area is 315 Å². The van der Waals surface area contributed by atoms with Crippen LogP contribution in [0.5, 0.6) is 0 Å². The van der Waals surface area contributed by atoms with Gasteiger partial charge in [0.05, 0.1) is 5.69 Å². The van der Waals surface area contributed by atoms with Gasteiger partial charge in [0.25, 0.3) is 0 Å². The Balaban J connectivity index is 1.11. The van der Waals surface area contributed by atoms with Gasteiger partial charge in [-0.15, -0.1) is 22.7 Å². The Morgan fingerprint density at radius 1 is 0.321 bits per heavy atom. The molecule has 0 saturated heterocycles. The second-order valence-corrected chi connectivity index (χ2v) is 15.8. The molecule has 2 heterocycles. The molecular weight excluding hydrogens is 679 g/mol. The SMILES string of the molecule is c1cc(-c2cccc3c2sc2ccccc23)cc(N(c2ccc(-c3cccc4c3sc3ccccc34)cc2)c2cc3ccccc3c3ccccc23)c1. The van der Waals surface area contributed by atoms with Crippen LogP contribution in [0.4, 0.5) is 17.1 Å². The fraction of sp³-hybridized carbons (Fsp3) is 0. The summed E-state index contributed by atoms with van der Waals surface area (Å²) in [5.74, 6) is 0. The van der Waals surface area contributed by atoms with Crippen molar-refractivity contribution < 1.29 is 0 Å². The highest BCUT2D eigenvalue weighted by molar-refractivity contribution is 7.26. The highest BCUT2D eigenvalue weighted by atomic mass is 32.1. The van der Waals surface area contributed by atoms with Gasteiger partial charge < -0.3 is 4.90 Å². The molecule has 0 aliphatic heterocycles. The third-order valence-corrected chi connectivity index (χ3v) is 13.1. The van der Waals surface area contributed by atoms with Crippen LogP contribution in [-0.4, -0.2) is 0 Å². The zero-order chi connectivity index (χ0) is 34.9. The molecule has 1 nitrogen and oxygen atoms in total. The maximum absolute atomic E-state index is 2.45. The molecule has 0 saturated carbocycles. The quantitative estimate of drug-likeness (QED) is 0.161. The molecule has 0 fully saturated rings. The summed E-state index contributed by atoms with van der Waals surface area (Å²) in [6, 6.07) is 69.2.